The average molecular weight is 188 g/mol. The second-order valence-corrected chi connectivity index (χ2v) is 3.25. The Bertz CT molecular complexity index is 485. The van der Waals surface area contributed by atoms with E-state index < -0.39 is 0 Å². The number of pyridine rings is 1. The van der Waals surface area contributed by atoms with Crippen molar-refractivity contribution in [2.45, 2.75) is 20.3 Å². The molecule has 0 aliphatic rings. The van der Waals surface area contributed by atoms with E-state index in [0.29, 0.717) is 12.1 Å². The number of carbonyl (C=O) groups is 1. The van der Waals surface area contributed by atoms with Crippen molar-refractivity contribution in [1.29, 1.82) is 0 Å². The van der Waals surface area contributed by atoms with Crippen LogP contribution in [0, 0.1) is 6.92 Å². The number of rotatable bonds is 2. The second-order valence-electron chi connectivity index (χ2n) is 3.25. The highest BCUT2D eigenvalue weighted by molar-refractivity contribution is 5.95. The van der Waals surface area contributed by atoms with Gasteiger partial charge in [-0.1, -0.05) is 13.0 Å². The Balaban J connectivity index is 2.68. The standard InChI is InChI=1S/C11H12N2O/c1-3-9(14)11-8(2)13-7-5-4-6-10(13)12-11/h4-7H,3H2,1-2H3. The lowest BCUT2D eigenvalue weighted by Crippen LogP contribution is -1.99. The predicted octanol–water partition coefficient (Wildman–Crippen LogP) is 2.24. The molecule has 0 aliphatic heterocycles. The number of nitrogens with zero attached hydrogens (tertiary/aromatic N) is 2. The number of aromatic nitrogens is 2. The van der Waals surface area contributed by atoms with Crippen LogP contribution in [-0.4, -0.2) is 15.2 Å². The molecular weight excluding hydrogens is 176 g/mol. The fourth-order valence-electron chi connectivity index (χ4n) is 1.55. The molecule has 0 saturated carbocycles. The van der Waals surface area contributed by atoms with Crippen molar-refractivity contribution in [3.05, 3.63) is 35.8 Å². The maximum atomic E-state index is 11.5. The first kappa shape index (κ1) is 8.94. The molecule has 72 valence electrons. The molecule has 2 aromatic heterocycles. The lowest BCUT2D eigenvalue weighted by atomic mass is 10.2. The Morgan fingerprint density at radius 3 is 2.93 bits per heavy atom. The number of carbonyl (C=O) groups excluding carboxylic acids is 1. The molecule has 2 heterocycles. The Morgan fingerprint density at radius 1 is 1.50 bits per heavy atom. The summed E-state index contributed by atoms with van der Waals surface area (Å²) in [6.45, 7) is 3.77. The average Bonchev–Trinajstić information content (AvgIpc) is 2.56. The summed E-state index contributed by atoms with van der Waals surface area (Å²) >= 11 is 0. The first-order valence-corrected chi connectivity index (χ1v) is 4.71. The molecule has 0 N–H and O–H groups in total. The molecule has 3 nitrogen and oxygen atoms in total. The van der Waals surface area contributed by atoms with E-state index in [9.17, 15) is 4.79 Å². The van der Waals surface area contributed by atoms with Crippen molar-refractivity contribution >= 4 is 11.4 Å². The number of Topliss-reactive ketones (excluding diaryl/α,β-unsaturated/α-hetero) is 1. The number of fused-ring (bicyclic) bond motifs is 1. The monoisotopic (exact) mass is 188 g/mol. The summed E-state index contributed by atoms with van der Waals surface area (Å²) in [6, 6.07) is 5.75. The van der Waals surface area contributed by atoms with E-state index in [1.807, 2.05) is 42.6 Å². The molecule has 0 atom stereocenters. The van der Waals surface area contributed by atoms with Gasteiger partial charge in [-0.2, -0.15) is 0 Å². The van der Waals surface area contributed by atoms with E-state index in [2.05, 4.69) is 4.98 Å². The van der Waals surface area contributed by atoms with Crippen LogP contribution in [0.25, 0.3) is 5.65 Å². The maximum Gasteiger partial charge on any atom is 0.182 e. The molecule has 0 bridgehead atoms. The molecule has 0 aliphatic carbocycles. The molecule has 14 heavy (non-hydrogen) atoms. The number of imidazole rings is 1. The zero-order valence-electron chi connectivity index (χ0n) is 8.32. The summed E-state index contributed by atoms with van der Waals surface area (Å²) < 4.78 is 1.93. The van der Waals surface area contributed by atoms with Crippen molar-refractivity contribution in [2.75, 3.05) is 0 Å². The Hall–Kier alpha value is -1.64. The summed E-state index contributed by atoms with van der Waals surface area (Å²) in [7, 11) is 0. The van der Waals surface area contributed by atoms with Gasteiger partial charge in [0.15, 0.2) is 5.78 Å². The first-order valence-electron chi connectivity index (χ1n) is 4.71. The minimum atomic E-state index is 0.103. The van der Waals surface area contributed by atoms with E-state index in [-0.39, 0.29) is 5.78 Å². The van der Waals surface area contributed by atoms with Gasteiger partial charge in [-0.25, -0.2) is 4.98 Å². The highest BCUT2D eigenvalue weighted by Gasteiger charge is 2.12. The van der Waals surface area contributed by atoms with Crippen LogP contribution < -0.4 is 0 Å². The van der Waals surface area contributed by atoms with Crippen LogP contribution in [0.15, 0.2) is 24.4 Å². The van der Waals surface area contributed by atoms with E-state index in [0.717, 1.165) is 11.3 Å². The quantitative estimate of drug-likeness (QED) is 0.677. The van der Waals surface area contributed by atoms with E-state index in [1.54, 1.807) is 0 Å². The molecule has 2 aromatic rings. The Labute approximate surface area is 82.4 Å². The number of hydrogen-bond donors (Lipinski definition) is 0. The van der Waals surface area contributed by atoms with Crippen LogP contribution in [0.2, 0.25) is 0 Å². The fourth-order valence-corrected chi connectivity index (χ4v) is 1.55. The molecule has 2 rings (SSSR count). The SMILES string of the molecule is CCC(=O)c1nc2ccccn2c1C. The van der Waals surface area contributed by atoms with Crippen LogP contribution in [-0.2, 0) is 0 Å². The largest absolute Gasteiger partial charge is 0.304 e. The van der Waals surface area contributed by atoms with E-state index in [1.165, 1.54) is 0 Å². The van der Waals surface area contributed by atoms with E-state index >= 15 is 0 Å². The van der Waals surface area contributed by atoms with E-state index in [4.69, 9.17) is 0 Å². The lowest BCUT2D eigenvalue weighted by Gasteiger charge is -1.95. The third kappa shape index (κ3) is 1.21. The van der Waals surface area contributed by atoms with Gasteiger partial charge in [0.05, 0.1) is 5.69 Å². The van der Waals surface area contributed by atoms with Gasteiger partial charge in [0.2, 0.25) is 0 Å². The summed E-state index contributed by atoms with van der Waals surface area (Å²) in [5.41, 5.74) is 2.35. The normalized spacial score (nSPS) is 10.7. The van der Waals surface area contributed by atoms with Crippen LogP contribution in [0.3, 0.4) is 0 Å². The summed E-state index contributed by atoms with van der Waals surface area (Å²) in [6.07, 6.45) is 2.43. The topological polar surface area (TPSA) is 34.4 Å². The number of hydrogen-bond acceptors (Lipinski definition) is 2. The van der Waals surface area contributed by atoms with Crippen molar-refractivity contribution in [3.63, 3.8) is 0 Å². The summed E-state index contributed by atoms with van der Waals surface area (Å²) in [5.74, 6) is 0.103. The minimum absolute atomic E-state index is 0.103. The molecule has 0 saturated heterocycles. The van der Waals surface area contributed by atoms with Gasteiger partial charge < -0.3 is 4.40 Å². The highest BCUT2D eigenvalue weighted by atomic mass is 16.1. The zero-order chi connectivity index (χ0) is 10.1. The second kappa shape index (κ2) is 3.25. The van der Waals surface area contributed by atoms with Gasteiger partial charge >= 0.3 is 0 Å². The van der Waals surface area contributed by atoms with Crippen molar-refractivity contribution in [3.8, 4) is 0 Å². The third-order valence-electron chi connectivity index (χ3n) is 2.35. The number of aryl methyl sites for hydroxylation is 1. The Morgan fingerprint density at radius 2 is 2.29 bits per heavy atom. The molecule has 3 heteroatoms. The van der Waals surface area contributed by atoms with Gasteiger partial charge in [-0.15, -0.1) is 0 Å². The van der Waals surface area contributed by atoms with Gasteiger partial charge in [0, 0.05) is 12.6 Å². The smallest absolute Gasteiger partial charge is 0.182 e. The van der Waals surface area contributed by atoms with Crippen molar-refractivity contribution < 1.29 is 4.79 Å². The predicted molar refractivity (Wildman–Crippen MR) is 54.6 cm³/mol. The molecule has 0 radical (unpaired) electrons. The molecule has 0 fully saturated rings. The number of ketones is 1. The van der Waals surface area contributed by atoms with Gasteiger partial charge in [0.1, 0.15) is 11.3 Å². The highest BCUT2D eigenvalue weighted by Crippen LogP contribution is 2.12. The summed E-state index contributed by atoms with van der Waals surface area (Å²) in [5, 5.41) is 0. The zero-order valence-corrected chi connectivity index (χ0v) is 8.32. The van der Waals surface area contributed by atoms with Crippen molar-refractivity contribution in [1.82, 2.24) is 9.38 Å². The molecule has 0 unspecified atom stereocenters. The lowest BCUT2D eigenvalue weighted by molar-refractivity contribution is 0.0983. The Kier molecular flexibility index (Phi) is 2.08. The molecule has 0 aromatic carbocycles. The molecular formula is C11H12N2O. The van der Waals surface area contributed by atoms with Gasteiger partial charge in [-0.05, 0) is 19.1 Å². The fraction of sp³-hybridized carbons (Fsp3) is 0.273. The van der Waals surface area contributed by atoms with Gasteiger partial charge in [0.25, 0.3) is 0 Å². The molecule has 0 spiro atoms. The maximum absolute atomic E-state index is 11.5. The summed E-state index contributed by atoms with van der Waals surface area (Å²) in [4.78, 5) is 15.8. The van der Waals surface area contributed by atoms with Crippen LogP contribution in [0.1, 0.15) is 29.5 Å². The minimum Gasteiger partial charge on any atom is -0.304 e. The van der Waals surface area contributed by atoms with Crippen LogP contribution in [0.4, 0.5) is 0 Å². The van der Waals surface area contributed by atoms with Crippen LogP contribution >= 0.6 is 0 Å². The third-order valence-corrected chi connectivity index (χ3v) is 2.35. The van der Waals surface area contributed by atoms with Crippen LogP contribution in [0.5, 0.6) is 0 Å². The van der Waals surface area contributed by atoms with Gasteiger partial charge in [-0.3, -0.25) is 4.79 Å². The first-order chi connectivity index (χ1) is 6.74. The molecule has 0 amide bonds. The van der Waals surface area contributed by atoms with Crippen molar-refractivity contribution in [2.24, 2.45) is 0 Å².